The molecule has 2 aromatic carbocycles. The summed E-state index contributed by atoms with van der Waals surface area (Å²) in [6.45, 7) is 1.53. The van der Waals surface area contributed by atoms with Gasteiger partial charge in [-0.2, -0.15) is 0 Å². The molecule has 134 valence electrons. The van der Waals surface area contributed by atoms with Gasteiger partial charge in [0.2, 0.25) is 0 Å². The van der Waals surface area contributed by atoms with Gasteiger partial charge in [-0.3, -0.25) is 4.79 Å². The Morgan fingerprint density at radius 2 is 2.04 bits per heavy atom. The number of benzene rings is 2. The highest BCUT2D eigenvalue weighted by molar-refractivity contribution is 9.10. The number of Topliss-reactive ketones (excluding diaryl/α,β-unsaturated/α-hetero) is 1. The van der Waals surface area contributed by atoms with E-state index < -0.39 is 5.63 Å². The van der Waals surface area contributed by atoms with Crippen molar-refractivity contribution in [2.45, 2.75) is 6.92 Å². The highest BCUT2D eigenvalue weighted by Crippen LogP contribution is 2.28. The lowest BCUT2D eigenvalue weighted by atomic mass is 10.1. The maximum Gasteiger partial charge on any atom is 0.345 e. The summed E-state index contributed by atoms with van der Waals surface area (Å²) in [5.74, 6) is -0.00147. The zero-order valence-electron chi connectivity index (χ0n) is 14.2. The number of rotatable bonds is 4. The first kappa shape index (κ1) is 17.6. The fourth-order valence-corrected chi connectivity index (χ4v) is 3.78. The van der Waals surface area contributed by atoms with Gasteiger partial charge in [-0.25, -0.2) is 9.78 Å². The van der Waals surface area contributed by atoms with E-state index in [-0.39, 0.29) is 5.78 Å². The van der Waals surface area contributed by atoms with Crippen molar-refractivity contribution in [3.8, 4) is 11.3 Å². The molecule has 0 aliphatic rings. The van der Waals surface area contributed by atoms with E-state index >= 15 is 0 Å². The maximum atomic E-state index is 12.3. The molecule has 27 heavy (non-hydrogen) atoms. The van der Waals surface area contributed by atoms with Crippen LogP contribution in [-0.2, 0) is 0 Å². The number of aromatic nitrogens is 1. The molecule has 0 radical (unpaired) electrons. The summed E-state index contributed by atoms with van der Waals surface area (Å²) >= 11 is 4.80. The molecular weight excluding hydrogens is 428 g/mol. The van der Waals surface area contributed by atoms with E-state index in [1.54, 1.807) is 29.6 Å². The predicted octanol–water partition coefficient (Wildman–Crippen LogP) is 5.63. The first-order chi connectivity index (χ1) is 13.0. The lowest BCUT2D eigenvalue weighted by Crippen LogP contribution is -2.03. The monoisotopic (exact) mass is 440 g/mol. The molecule has 0 saturated heterocycles. The second-order valence-corrected chi connectivity index (χ2v) is 7.70. The van der Waals surface area contributed by atoms with Gasteiger partial charge < -0.3 is 9.73 Å². The number of nitrogens with zero attached hydrogens (tertiary/aromatic N) is 1. The molecule has 2 heterocycles. The molecule has 5 nitrogen and oxygen atoms in total. The summed E-state index contributed by atoms with van der Waals surface area (Å²) in [5, 5.41) is 6.41. The molecule has 0 aliphatic heterocycles. The molecule has 0 bridgehead atoms. The molecule has 2 aromatic heterocycles. The van der Waals surface area contributed by atoms with Crippen LogP contribution in [0.25, 0.3) is 22.2 Å². The Balaban J connectivity index is 1.67. The van der Waals surface area contributed by atoms with Crippen molar-refractivity contribution in [1.82, 2.24) is 4.98 Å². The van der Waals surface area contributed by atoms with Gasteiger partial charge in [0.25, 0.3) is 0 Å². The first-order valence-electron chi connectivity index (χ1n) is 8.07. The van der Waals surface area contributed by atoms with Gasteiger partial charge in [-0.1, -0.05) is 28.1 Å². The first-order valence-corrected chi connectivity index (χ1v) is 9.74. The van der Waals surface area contributed by atoms with Crippen LogP contribution in [0.1, 0.15) is 17.3 Å². The van der Waals surface area contributed by atoms with Crippen molar-refractivity contribution in [3.05, 3.63) is 74.4 Å². The summed E-state index contributed by atoms with van der Waals surface area (Å²) in [7, 11) is 0. The third-order valence-corrected chi connectivity index (χ3v) is 5.25. The maximum absolute atomic E-state index is 12.3. The lowest BCUT2D eigenvalue weighted by Gasteiger charge is -2.04. The number of hydrogen-bond donors (Lipinski definition) is 1. The molecule has 0 atom stereocenters. The molecule has 0 amide bonds. The number of halogens is 1. The van der Waals surface area contributed by atoms with Crippen molar-refractivity contribution in [3.63, 3.8) is 0 Å². The number of hydrogen-bond acceptors (Lipinski definition) is 6. The SMILES string of the molecule is CC(=O)c1cccc(Nc2nc(-c3cc4cc(Br)ccc4oc3=O)cs2)c1. The van der Waals surface area contributed by atoms with E-state index in [0.29, 0.717) is 27.5 Å². The highest BCUT2D eigenvalue weighted by Gasteiger charge is 2.12. The minimum Gasteiger partial charge on any atom is -0.422 e. The molecule has 7 heteroatoms. The second-order valence-electron chi connectivity index (χ2n) is 5.93. The molecule has 4 aromatic rings. The van der Waals surface area contributed by atoms with Gasteiger partial charge in [0.05, 0.1) is 11.3 Å². The molecule has 0 spiro atoms. The van der Waals surface area contributed by atoms with Gasteiger partial charge in [0.15, 0.2) is 10.9 Å². The number of anilines is 2. The van der Waals surface area contributed by atoms with Crippen molar-refractivity contribution in [1.29, 1.82) is 0 Å². The molecule has 1 N–H and O–H groups in total. The average molecular weight is 441 g/mol. The predicted molar refractivity (Wildman–Crippen MR) is 111 cm³/mol. The van der Waals surface area contributed by atoms with Crippen molar-refractivity contribution < 1.29 is 9.21 Å². The summed E-state index contributed by atoms with van der Waals surface area (Å²) in [4.78, 5) is 28.3. The van der Waals surface area contributed by atoms with Crippen LogP contribution in [0.2, 0.25) is 0 Å². The second kappa shape index (κ2) is 7.09. The zero-order valence-corrected chi connectivity index (χ0v) is 16.6. The Bertz CT molecular complexity index is 1230. The van der Waals surface area contributed by atoms with Crippen LogP contribution in [0.15, 0.2) is 67.6 Å². The molecule has 4 rings (SSSR count). The van der Waals surface area contributed by atoms with E-state index in [1.165, 1.54) is 18.3 Å². The summed E-state index contributed by atoms with van der Waals surface area (Å²) in [6.07, 6.45) is 0. The minimum absolute atomic E-state index is 0.00147. The third-order valence-electron chi connectivity index (χ3n) is 3.99. The quantitative estimate of drug-likeness (QED) is 0.329. The van der Waals surface area contributed by atoms with E-state index in [4.69, 9.17) is 4.42 Å². The number of thiazole rings is 1. The van der Waals surface area contributed by atoms with Crippen LogP contribution in [0.4, 0.5) is 10.8 Å². The van der Waals surface area contributed by atoms with E-state index in [0.717, 1.165) is 15.5 Å². The normalized spacial score (nSPS) is 10.9. The fraction of sp³-hybridized carbons (Fsp3) is 0.0500. The molecule has 0 fully saturated rings. The van der Waals surface area contributed by atoms with Crippen LogP contribution in [0, 0.1) is 0 Å². The number of fused-ring (bicyclic) bond motifs is 1. The zero-order chi connectivity index (χ0) is 19.0. The average Bonchev–Trinajstić information content (AvgIpc) is 3.10. The van der Waals surface area contributed by atoms with Gasteiger partial charge in [0, 0.05) is 26.5 Å². The number of nitrogens with one attached hydrogen (secondary N) is 1. The topological polar surface area (TPSA) is 72.2 Å². The van der Waals surface area contributed by atoms with E-state index in [1.807, 2.05) is 24.3 Å². The van der Waals surface area contributed by atoms with Gasteiger partial charge in [-0.05, 0) is 43.3 Å². The molecular formula is C20H13BrN2O3S. The Morgan fingerprint density at radius 3 is 2.85 bits per heavy atom. The molecule has 0 saturated carbocycles. The Labute approximate surface area is 166 Å². The van der Waals surface area contributed by atoms with E-state index in [9.17, 15) is 9.59 Å². The van der Waals surface area contributed by atoms with E-state index in [2.05, 4.69) is 26.2 Å². The number of ketones is 1. The standard InChI is InChI=1S/C20H13BrN2O3S/c1-11(24)12-3-2-4-15(8-12)22-20-23-17(10-27-20)16-9-13-7-14(21)5-6-18(13)26-19(16)25/h2-10H,1H3,(H,22,23). The minimum atomic E-state index is -0.430. The summed E-state index contributed by atoms with van der Waals surface area (Å²) in [5.41, 5.74) is 2.43. The third kappa shape index (κ3) is 3.70. The van der Waals surface area contributed by atoms with Crippen molar-refractivity contribution in [2.75, 3.05) is 5.32 Å². The highest BCUT2D eigenvalue weighted by atomic mass is 79.9. The van der Waals surface area contributed by atoms with Crippen LogP contribution in [-0.4, -0.2) is 10.8 Å². The van der Waals surface area contributed by atoms with Crippen LogP contribution < -0.4 is 10.9 Å². The Morgan fingerprint density at radius 1 is 1.19 bits per heavy atom. The van der Waals surface area contributed by atoms with Crippen LogP contribution in [0.5, 0.6) is 0 Å². The summed E-state index contributed by atoms with van der Waals surface area (Å²) < 4.78 is 6.31. The van der Waals surface area contributed by atoms with Gasteiger partial charge in [-0.15, -0.1) is 11.3 Å². The van der Waals surface area contributed by atoms with Crippen LogP contribution >= 0.6 is 27.3 Å². The van der Waals surface area contributed by atoms with Gasteiger partial charge >= 0.3 is 5.63 Å². The van der Waals surface area contributed by atoms with Gasteiger partial charge in [0.1, 0.15) is 5.58 Å². The largest absolute Gasteiger partial charge is 0.422 e. The fourth-order valence-electron chi connectivity index (χ4n) is 2.67. The van der Waals surface area contributed by atoms with Crippen molar-refractivity contribution >= 4 is 54.8 Å². The lowest BCUT2D eigenvalue weighted by molar-refractivity contribution is 0.101. The summed E-state index contributed by atoms with van der Waals surface area (Å²) in [6, 6.07) is 14.4. The smallest absolute Gasteiger partial charge is 0.345 e. The van der Waals surface area contributed by atoms with Crippen LogP contribution in [0.3, 0.4) is 0 Å². The Hall–Kier alpha value is -2.77. The number of carbonyl (C=O) groups is 1. The molecule has 0 aliphatic carbocycles. The Kier molecular flexibility index (Phi) is 4.63. The number of carbonyl (C=O) groups excluding carboxylic acids is 1. The molecule has 0 unspecified atom stereocenters. The van der Waals surface area contributed by atoms with Crippen molar-refractivity contribution in [2.24, 2.45) is 0 Å².